The lowest BCUT2D eigenvalue weighted by molar-refractivity contribution is 0.174. The second-order valence-corrected chi connectivity index (χ2v) is 3.04. The van der Waals surface area contributed by atoms with Crippen molar-refractivity contribution in [3.05, 3.63) is 18.0 Å². The Balaban J connectivity index is 2.35. The van der Waals surface area contributed by atoms with Gasteiger partial charge in [-0.05, 0) is 6.92 Å². The molecule has 0 radical (unpaired) electrons. The Morgan fingerprint density at radius 3 is 2.92 bits per heavy atom. The normalized spacial score (nSPS) is 13.9. The molecule has 0 atom stereocenters. The van der Waals surface area contributed by atoms with Gasteiger partial charge in [-0.2, -0.15) is 0 Å². The highest BCUT2D eigenvalue weighted by Gasteiger charge is 2.15. The number of aryl methyl sites for hydroxylation is 1. The summed E-state index contributed by atoms with van der Waals surface area (Å²) >= 11 is 0. The Hall–Kier alpha value is -1.71. The summed E-state index contributed by atoms with van der Waals surface area (Å²) < 4.78 is 10.5. The van der Waals surface area contributed by atoms with Crippen LogP contribution in [0.25, 0.3) is 11.0 Å². The fourth-order valence-corrected chi connectivity index (χ4v) is 1.53. The van der Waals surface area contributed by atoms with Crippen molar-refractivity contribution in [3.8, 4) is 11.5 Å². The smallest absolute Gasteiger partial charge is 0.231 e. The minimum absolute atomic E-state index is 0.306. The third kappa shape index (κ3) is 0.884. The maximum absolute atomic E-state index is 5.25. The van der Waals surface area contributed by atoms with Crippen molar-refractivity contribution in [1.82, 2.24) is 9.97 Å². The first-order valence-corrected chi connectivity index (χ1v) is 4.09. The van der Waals surface area contributed by atoms with Crippen molar-refractivity contribution in [3.63, 3.8) is 0 Å². The number of nitrogens with one attached hydrogen (secondary N) is 1. The summed E-state index contributed by atoms with van der Waals surface area (Å²) in [5.41, 5.74) is 1.91. The number of aromatic amines is 1. The number of ether oxygens (including phenoxy) is 2. The average molecular weight is 176 g/mol. The summed E-state index contributed by atoms with van der Waals surface area (Å²) in [6, 6.07) is 3.80. The predicted octanol–water partition coefficient (Wildman–Crippen LogP) is 1.60. The second-order valence-electron chi connectivity index (χ2n) is 3.04. The molecular formula is C9H8N2O2. The van der Waals surface area contributed by atoms with E-state index in [2.05, 4.69) is 9.97 Å². The van der Waals surface area contributed by atoms with Crippen molar-refractivity contribution >= 4 is 11.0 Å². The fourth-order valence-electron chi connectivity index (χ4n) is 1.53. The first-order chi connectivity index (χ1) is 6.33. The standard InChI is InChI=1S/C9H8N2O2/c1-5-10-6-2-8-9(13-4-12-8)3-7(6)11-5/h2-3H,4H2,1H3,(H,10,11). The van der Waals surface area contributed by atoms with Gasteiger partial charge in [-0.1, -0.05) is 0 Å². The van der Waals surface area contributed by atoms with Crippen LogP contribution in [0.5, 0.6) is 11.5 Å². The van der Waals surface area contributed by atoms with Crippen molar-refractivity contribution in [1.29, 1.82) is 0 Å². The van der Waals surface area contributed by atoms with E-state index in [-0.39, 0.29) is 0 Å². The van der Waals surface area contributed by atoms with Gasteiger partial charge in [0.2, 0.25) is 6.79 Å². The summed E-state index contributed by atoms with van der Waals surface area (Å²) in [5.74, 6) is 2.47. The van der Waals surface area contributed by atoms with Crippen LogP contribution in [0.4, 0.5) is 0 Å². The van der Waals surface area contributed by atoms with E-state index in [1.807, 2.05) is 19.1 Å². The van der Waals surface area contributed by atoms with Gasteiger partial charge in [-0.25, -0.2) is 4.98 Å². The lowest BCUT2D eigenvalue weighted by Gasteiger charge is -1.93. The molecule has 3 rings (SSSR count). The molecule has 0 amide bonds. The van der Waals surface area contributed by atoms with Gasteiger partial charge in [0.15, 0.2) is 11.5 Å². The van der Waals surface area contributed by atoms with Crippen molar-refractivity contribution < 1.29 is 9.47 Å². The first kappa shape index (κ1) is 6.77. The largest absolute Gasteiger partial charge is 0.454 e. The molecule has 0 saturated carbocycles. The van der Waals surface area contributed by atoms with Gasteiger partial charge in [0.25, 0.3) is 0 Å². The van der Waals surface area contributed by atoms with Crippen molar-refractivity contribution in [2.75, 3.05) is 6.79 Å². The van der Waals surface area contributed by atoms with Crippen molar-refractivity contribution in [2.24, 2.45) is 0 Å². The Bertz CT molecular complexity index is 435. The number of aromatic nitrogens is 2. The van der Waals surface area contributed by atoms with Crippen LogP contribution in [0.15, 0.2) is 12.1 Å². The van der Waals surface area contributed by atoms with Gasteiger partial charge >= 0.3 is 0 Å². The SMILES string of the molecule is Cc1nc2cc3c(cc2[nH]1)OCO3. The highest BCUT2D eigenvalue weighted by Crippen LogP contribution is 2.34. The minimum atomic E-state index is 0.306. The van der Waals surface area contributed by atoms with Crippen molar-refractivity contribution in [2.45, 2.75) is 6.92 Å². The molecule has 1 aliphatic heterocycles. The van der Waals surface area contributed by atoms with Crippen LogP contribution in [0, 0.1) is 6.92 Å². The van der Waals surface area contributed by atoms with E-state index in [9.17, 15) is 0 Å². The van der Waals surface area contributed by atoms with Crippen LogP contribution in [0.2, 0.25) is 0 Å². The average Bonchev–Trinajstić information content (AvgIpc) is 2.63. The van der Waals surface area contributed by atoms with Crippen LogP contribution in [0.1, 0.15) is 5.82 Å². The molecule has 0 saturated heterocycles. The van der Waals surface area contributed by atoms with E-state index >= 15 is 0 Å². The Morgan fingerprint density at radius 1 is 1.31 bits per heavy atom. The quantitative estimate of drug-likeness (QED) is 0.663. The maximum Gasteiger partial charge on any atom is 0.231 e. The summed E-state index contributed by atoms with van der Waals surface area (Å²) in [6.07, 6.45) is 0. The molecule has 2 heterocycles. The summed E-state index contributed by atoms with van der Waals surface area (Å²) in [5, 5.41) is 0. The van der Waals surface area contributed by atoms with Crippen LogP contribution >= 0.6 is 0 Å². The fraction of sp³-hybridized carbons (Fsp3) is 0.222. The van der Waals surface area contributed by atoms with Crippen LogP contribution in [-0.2, 0) is 0 Å². The summed E-state index contributed by atoms with van der Waals surface area (Å²) in [6.45, 7) is 2.23. The summed E-state index contributed by atoms with van der Waals surface area (Å²) in [4.78, 5) is 7.44. The Kier molecular flexibility index (Phi) is 1.12. The number of fused-ring (bicyclic) bond motifs is 2. The molecule has 1 aliphatic rings. The number of H-pyrrole nitrogens is 1. The third-order valence-electron chi connectivity index (χ3n) is 2.09. The zero-order valence-corrected chi connectivity index (χ0v) is 7.13. The van der Waals surface area contributed by atoms with Gasteiger partial charge < -0.3 is 14.5 Å². The molecule has 4 nitrogen and oxygen atoms in total. The number of rotatable bonds is 0. The molecule has 2 aromatic rings. The van der Waals surface area contributed by atoms with Gasteiger partial charge in [-0.3, -0.25) is 0 Å². The maximum atomic E-state index is 5.25. The Labute approximate surface area is 74.5 Å². The first-order valence-electron chi connectivity index (χ1n) is 4.09. The monoisotopic (exact) mass is 176 g/mol. The molecule has 0 aliphatic carbocycles. The van der Waals surface area contributed by atoms with Crippen LogP contribution in [-0.4, -0.2) is 16.8 Å². The molecule has 66 valence electrons. The van der Waals surface area contributed by atoms with Crippen LogP contribution in [0.3, 0.4) is 0 Å². The number of nitrogens with zero attached hydrogens (tertiary/aromatic N) is 1. The zero-order chi connectivity index (χ0) is 8.84. The third-order valence-corrected chi connectivity index (χ3v) is 2.09. The van der Waals surface area contributed by atoms with Gasteiger partial charge in [-0.15, -0.1) is 0 Å². The van der Waals surface area contributed by atoms with Gasteiger partial charge in [0.05, 0.1) is 11.0 Å². The van der Waals surface area contributed by atoms with E-state index in [0.717, 1.165) is 28.4 Å². The molecule has 1 aromatic heterocycles. The molecule has 0 spiro atoms. The minimum Gasteiger partial charge on any atom is -0.454 e. The number of imidazole rings is 1. The molecule has 0 unspecified atom stereocenters. The van der Waals surface area contributed by atoms with E-state index in [1.165, 1.54) is 0 Å². The van der Waals surface area contributed by atoms with Gasteiger partial charge in [0, 0.05) is 12.1 Å². The molecular weight excluding hydrogens is 168 g/mol. The second kappa shape index (κ2) is 2.16. The summed E-state index contributed by atoms with van der Waals surface area (Å²) in [7, 11) is 0. The van der Waals surface area contributed by atoms with E-state index < -0.39 is 0 Å². The number of hydrogen-bond donors (Lipinski definition) is 1. The highest BCUT2D eigenvalue weighted by atomic mass is 16.7. The lowest BCUT2D eigenvalue weighted by Crippen LogP contribution is -1.92. The number of benzene rings is 1. The van der Waals surface area contributed by atoms with E-state index in [4.69, 9.17) is 9.47 Å². The molecule has 1 aromatic carbocycles. The number of hydrogen-bond acceptors (Lipinski definition) is 3. The van der Waals surface area contributed by atoms with Gasteiger partial charge in [0.1, 0.15) is 5.82 Å². The lowest BCUT2D eigenvalue weighted by atomic mass is 10.3. The molecule has 0 bridgehead atoms. The topological polar surface area (TPSA) is 47.1 Å². The Morgan fingerprint density at radius 2 is 2.08 bits per heavy atom. The van der Waals surface area contributed by atoms with E-state index in [1.54, 1.807) is 0 Å². The zero-order valence-electron chi connectivity index (χ0n) is 7.13. The van der Waals surface area contributed by atoms with E-state index in [0.29, 0.717) is 6.79 Å². The van der Waals surface area contributed by atoms with Crippen LogP contribution < -0.4 is 9.47 Å². The highest BCUT2D eigenvalue weighted by molar-refractivity contribution is 5.80. The molecule has 4 heteroatoms. The molecule has 1 N–H and O–H groups in total. The molecule has 0 fully saturated rings. The molecule has 13 heavy (non-hydrogen) atoms. The predicted molar refractivity (Wildman–Crippen MR) is 47.0 cm³/mol.